The number of aliphatic imine (C=N–C) groups is 1. The summed E-state index contributed by atoms with van der Waals surface area (Å²) in [6, 6.07) is 8.84. The first-order valence-electron chi connectivity index (χ1n) is 8.67. The number of carbonyl (C=O) groups is 2. The molecule has 1 aliphatic rings. The number of methoxy groups -OCH3 is 2. The van der Waals surface area contributed by atoms with Gasteiger partial charge in [-0.25, -0.2) is 14.6 Å². The third-order valence-corrected chi connectivity index (χ3v) is 4.86. The van der Waals surface area contributed by atoms with Crippen molar-refractivity contribution < 1.29 is 33.5 Å². The van der Waals surface area contributed by atoms with Crippen LogP contribution in [0.25, 0.3) is 6.08 Å². The average molecular weight is 538 g/mol. The number of hydrogen-bond donors (Lipinski definition) is 0. The molecule has 11 heteroatoms. The van der Waals surface area contributed by atoms with E-state index in [0.29, 0.717) is 26.2 Å². The monoisotopic (exact) mass is 538 g/mol. The summed E-state index contributed by atoms with van der Waals surface area (Å²) < 4.78 is 21.2. The summed E-state index contributed by atoms with van der Waals surface area (Å²) >= 11 is 2.01. The SMILES string of the molecule is COC(=O)COc1c(I)cc(/C=C2\N=C(c3ccc([N+](=O)[O-])cc3)OC2=O)cc1OC. The molecule has 0 N–H and O–H groups in total. The zero-order valence-electron chi connectivity index (χ0n) is 16.3. The summed E-state index contributed by atoms with van der Waals surface area (Å²) in [4.78, 5) is 38.0. The van der Waals surface area contributed by atoms with Crippen LogP contribution in [0.1, 0.15) is 11.1 Å². The highest BCUT2D eigenvalue weighted by atomic mass is 127. The summed E-state index contributed by atoms with van der Waals surface area (Å²) in [6.07, 6.45) is 1.51. The maximum Gasteiger partial charge on any atom is 0.363 e. The maximum absolute atomic E-state index is 12.2. The fourth-order valence-corrected chi connectivity index (χ4v) is 3.35. The summed E-state index contributed by atoms with van der Waals surface area (Å²) in [5.41, 5.74) is 0.989. The molecular formula is C20H15IN2O8. The molecule has 0 fully saturated rings. The number of nitro benzene ring substituents is 1. The van der Waals surface area contributed by atoms with E-state index in [1.807, 2.05) is 22.6 Å². The van der Waals surface area contributed by atoms with Crippen LogP contribution in [0.2, 0.25) is 0 Å². The van der Waals surface area contributed by atoms with Crippen molar-refractivity contribution in [2.24, 2.45) is 4.99 Å². The molecule has 1 aliphatic heterocycles. The number of esters is 2. The molecule has 31 heavy (non-hydrogen) atoms. The van der Waals surface area contributed by atoms with E-state index in [1.54, 1.807) is 12.1 Å². The molecule has 0 saturated heterocycles. The van der Waals surface area contributed by atoms with E-state index < -0.39 is 16.9 Å². The van der Waals surface area contributed by atoms with E-state index in [0.717, 1.165) is 0 Å². The molecule has 0 radical (unpaired) electrons. The van der Waals surface area contributed by atoms with Crippen molar-refractivity contribution in [3.63, 3.8) is 0 Å². The number of benzene rings is 2. The van der Waals surface area contributed by atoms with Crippen molar-refractivity contribution in [1.82, 2.24) is 0 Å². The van der Waals surface area contributed by atoms with Crippen molar-refractivity contribution in [1.29, 1.82) is 0 Å². The average Bonchev–Trinajstić information content (AvgIpc) is 3.12. The molecule has 0 saturated carbocycles. The fraction of sp³-hybridized carbons (Fsp3) is 0.150. The third-order valence-electron chi connectivity index (χ3n) is 4.06. The van der Waals surface area contributed by atoms with Crippen LogP contribution in [0.4, 0.5) is 5.69 Å². The Balaban J connectivity index is 1.88. The van der Waals surface area contributed by atoms with Crippen molar-refractivity contribution in [3.8, 4) is 11.5 Å². The summed E-state index contributed by atoms with van der Waals surface area (Å²) in [7, 11) is 2.71. The second kappa shape index (κ2) is 9.55. The van der Waals surface area contributed by atoms with E-state index in [2.05, 4.69) is 9.73 Å². The topological polar surface area (TPSA) is 127 Å². The minimum absolute atomic E-state index is 0.0471. The van der Waals surface area contributed by atoms with Crippen LogP contribution >= 0.6 is 22.6 Å². The van der Waals surface area contributed by atoms with Crippen LogP contribution in [0.3, 0.4) is 0 Å². The standard InChI is InChI=1S/C20H15IN2O8/c1-28-16-9-11(7-14(21)18(16)30-10-17(24)29-2)8-15-20(25)31-19(22-15)12-3-5-13(6-4-12)23(26)27/h3-9H,10H2,1-2H3/b15-8-. The Kier molecular flexibility index (Phi) is 6.84. The molecule has 10 nitrogen and oxygen atoms in total. The number of hydrogen-bond acceptors (Lipinski definition) is 9. The molecule has 0 amide bonds. The number of carbonyl (C=O) groups excluding carboxylic acids is 2. The van der Waals surface area contributed by atoms with Gasteiger partial charge in [0.15, 0.2) is 23.8 Å². The molecule has 1 heterocycles. The zero-order valence-corrected chi connectivity index (χ0v) is 18.4. The Morgan fingerprint density at radius 3 is 2.58 bits per heavy atom. The van der Waals surface area contributed by atoms with Crippen LogP contribution in [0.5, 0.6) is 11.5 Å². The van der Waals surface area contributed by atoms with Crippen molar-refractivity contribution in [2.45, 2.75) is 0 Å². The number of ether oxygens (including phenoxy) is 4. The van der Waals surface area contributed by atoms with E-state index in [9.17, 15) is 19.7 Å². The Labute approximate surface area is 189 Å². The zero-order chi connectivity index (χ0) is 22.5. The second-order valence-corrected chi connectivity index (χ2v) is 7.20. The van der Waals surface area contributed by atoms with Crippen LogP contribution in [0.15, 0.2) is 47.1 Å². The first-order valence-corrected chi connectivity index (χ1v) is 9.74. The van der Waals surface area contributed by atoms with Crippen molar-refractivity contribution in [3.05, 3.63) is 66.9 Å². The Hall–Kier alpha value is -3.48. The van der Waals surface area contributed by atoms with Gasteiger partial charge in [-0.2, -0.15) is 0 Å². The van der Waals surface area contributed by atoms with Gasteiger partial charge in [0.2, 0.25) is 5.90 Å². The summed E-state index contributed by atoms with van der Waals surface area (Å²) in [6.45, 7) is -0.279. The quantitative estimate of drug-likeness (QED) is 0.173. The van der Waals surface area contributed by atoms with Crippen LogP contribution in [0, 0.1) is 13.7 Å². The molecule has 0 atom stereocenters. The fourth-order valence-electron chi connectivity index (χ4n) is 2.57. The smallest absolute Gasteiger partial charge is 0.363 e. The van der Waals surface area contributed by atoms with Gasteiger partial charge in [0.25, 0.3) is 5.69 Å². The van der Waals surface area contributed by atoms with Gasteiger partial charge in [-0.05, 0) is 58.5 Å². The minimum Gasteiger partial charge on any atom is -0.493 e. The normalized spacial score (nSPS) is 14.1. The predicted octanol–water partition coefficient (Wildman–Crippen LogP) is 3.10. The molecule has 0 unspecified atom stereocenters. The Morgan fingerprint density at radius 1 is 1.26 bits per heavy atom. The molecule has 160 valence electrons. The lowest BCUT2D eigenvalue weighted by molar-refractivity contribution is -0.384. The minimum atomic E-state index is -0.659. The molecule has 3 rings (SSSR count). The number of halogens is 1. The van der Waals surface area contributed by atoms with E-state index >= 15 is 0 Å². The van der Waals surface area contributed by atoms with Crippen molar-refractivity contribution in [2.75, 3.05) is 20.8 Å². The van der Waals surface area contributed by atoms with Gasteiger partial charge < -0.3 is 18.9 Å². The van der Waals surface area contributed by atoms with Crippen LogP contribution in [-0.2, 0) is 19.1 Å². The van der Waals surface area contributed by atoms with Gasteiger partial charge in [-0.3, -0.25) is 10.1 Å². The Morgan fingerprint density at radius 2 is 1.97 bits per heavy atom. The number of cyclic esters (lactones) is 1. The molecule has 0 aliphatic carbocycles. The molecule has 2 aromatic rings. The van der Waals surface area contributed by atoms with Crippen molar-refractivity contribution >= 4 is 52.2 Å². The highest BCUT2D eigenvalue weighted by molar-refractivity contribution is 14.1. The summed E-state index contributed by atoms with van der Waals surface area (Å²) in [5, 5.41) is 10.8. The molecule has 0 spiro atoms. The maximum atomic E-state index is 12.2. The van der Waals surface area contributed by atoms with Gasteiger partial charge in [0.1, 0.15) is 0 Å². The van der Waals surface area contributed by atoms with Gasteiger partial charge in [-0.15, -0.1) is 0 Å². The van der Waals surface area contributed by atoms with Crippen LogP contribution < -0.4 is 9.47 Å². The number of rotatable bonds is 7. The Bertz CT molecular complexity index is 1110. The molecule has 2 aromatic carbocycles. The largest absolute Gasteiger partial charge is 0.493 e. The lowest BCUT2D eigenvalue weighted by Gasteiger charge is -2.12. The predicted molar refractivity (Wildman–Crippen MR) is 117 cm³/mol. The number of nitrogens with zero attached hydrogens (tertiary/aromatic N) is 2. The van der Waals surface area contributed by atoms with E-state index in [1.165, 1.54) is 44.6 Å². The molecule has 0 bridgehead atoms. The first kappa shape index (κ1) is 22.2. The first-order chi connectivity index (χ1) is 14.8. The third kappa shape index (κ3) is 5.17. The lowest BCUT2D eigenvalue weighted by Crippen LogP contribution is -2.13. The molecule has 0 aromatic heterocycles. The van der Waals surface area contributed by atoms with Gasteiger partial charge in [0, 0.05) is 17.7 Å². The molecular weight excluding hydrogens is 523 g/mol. The lowest BCUT2D eigenvalue weighted by atomic mass is 10.1. The van der Waals surface area contributed by atoms with E-state index in [4.69, 9.17) is 14.2 Å². The van der Waals surface area contributed by atoms with Gasteiger partial charge >= 0.3 is 11.9 Å². The number of non-ortho nitro benzene ring substituents is 1. The van der Waals surface area contributed by atoms with Gasteiger partial charge in [0.05, 0.1) is 22.7 Å². The highest BCUT2D eigenvalue weighted by Crippen LogP contribution is 2.35. The number of nitro groups is 1. The second-order valence-electron chi connectivity index (χ2n) is 6.04. The highest BCUT2D eigenvalue weighted by Gasteiger charge is 2.25. The van der Waals surface area contributed by atoms with E-state index in [-0.39, 0.29) is 23.9 Å². The van der Waals surface area contributed by atoms with Crippen LogP contribution in [-0.4, -0.2) is 43.6 Å². The summed E-state index contributed by atoms with van der Waals surface area (Å²) in [5.74, 6) is -0.432. The van der Waals surface area contributed by atoms with Gasteiger partial charge in [-0.1, -0.05) is 0 Å².